The lowest BCUT2D eigenvalue weighted by molar-refractivity contribution is 0.292. The van der Waals surface area contributed by atoms with Crippen molar-refractivity contribution in [3.05, 3.63) is 40.4 Å². The molecule has 0 radical (unpaired) electrons. The summed E-state index contributed by atoms with van der Waals surface area (Å²) in [6, 6.07) is 8.27. The monoisotopic (exact) mass is 422 g/mol. The van der Waals surface area contributed by atoms with Gasteiger partial charge in [-0.05, 0) is 51.9 Å². The quantitative estimate of drug-likeness (QED) is 0.332. The minimum atomic E-state index is -0.0557. The Balaban J connectivity index is 1.61. The molecule has 2 aromatic rings. The molecule has 30 heavy (non-hydrogen) atoms. The van der Waals surface area contributed by atoms with E-state index in [1.54, 1.807) is 11.3 Å². The second kappa shape index (κ2) is 10.9. The van der Waals surface area contributed by atoms with Crippen molar-refractivity contribution in [2.45, 2.75) is 46.0 Å². The zero-order valence-electron chi connectivity index (χ0n) is 17.8. The molecule has 1 aromatic carbocycles. The fourth-order valence-electron chi connectivity index (χ4n) is 3.47. The Labute approximate surface area is 183 Å². The maximum atomic E-state index is 5.35. The molecule has 0 amide bonds. The van der Waals surface area contributed by atoms with Gasteiger partial charge in [-0.3, -0.25) is 0 Å². The highest BCUT2D eigenvalue weighted by molar-refractivity contribution is 7.17. The van der Waals surface area contributed by atoms with Gasteiger partial charge >= 0.3 is 0 Å². The highest BCUT2D eigenvalue weighted by atomic mass is 32.1. The zero-order chi connectivity index (χ0) is 21.3. The first-order valence-corrected chi connectivity index (χ1v) is 11.3. The van der Waals surface area contributed by atoms with Gasteiger partial charge in [0.1, 0.15) is 5.01 Å². The highest BCUT2D eigenvalue weighted by Crippen LogP contribution is 2.28. The average molecular weight is 423 g/mol. The summed E-state index contributed by atoms with van der Waals surface area (Å²) >= 11 is 1.58. The van der Waals surface area contributed by atoms with Gasteiger partial charge in [-0.1, -0.05) is 36.8 Å². The minimum Gasteiger partial charge on any atom is -0.369 e. The molecule has 0 spiro atoms. The lowest BCUT2D eigenvalue weighted by atomic mass is 10.1. The molecule has 0 saturated carbocycles. The summed E-state index contributed by atoms with van der Waals surface area (Å²) in [6.45, 7) is 7.37. The Kier molecular flexibility index (Phi) is 8.00. The van der Waals surface area contributed by atoms with Crippen LogP contribution >= 0.6 is 11.3 Å². The van der Waals surface area contributed by atoms with Gasteiger partial charge in [-0.15, -0.1) is 16.4 Å². The molecular weight excluding hydrogens is 392 g/mol. The largest absolute Gasteiger partial charge is 0.369 e. The summed E-state index contributed by atoms with van der Waals surface area (Å²) in [4.78, 5) is 8.21. The van der Waals surface area contributed by atoms with Crippen LogP contribution in [0.15, 0.2) is 34.5 Å². The molecule has 0 atom stereocenters. The predicted molar refractivity (Wildman–Crippen MR) is 127 cm³/mol. The topological polar surface area (TPSA) is 92.9 Å². The van der Waals surface area contributed by atoms with E-state index in [-0.39, 0.29) is 5.96 Å². The number of aryl methyl sites for hydroxylation is 1. The number of rotatable bonds is 5. The summed E-state index contributed by atoms with van der Waals surface area (Å²) in [5.74, 6) is 6.56. The average Bonchev–Trinajstić information content (AvgIpc) is 2.95. The summed E-state index contributed by atoms with van der Waals surface area (Å²) in [5, 5.41) is 8.73. The van der Waals surface area contributed by atoms with E-state index in [0.29, 0.717) is 0 Å². The van der Waals surface area contributed by atoms with Crippen molar-refractivity contribution in [3.63, 3.8) is 0 Å². The van der Waals surface area contributed by atoms with Gasteiger partial charge < -0.3 is 16.4 Å². The van der Waals surface area contributed by atoms with Crippen molar-refractivity contribution in [3.8, 4) is 22.4 Å². The maximum Gasteiger partial charge on any atom is 0.211 e. The molecule has 1 aliphatic rings. The summed E-state index contributed by atoms with van der Waals surface area (Å²) in [6.07, 6.45) is 6.32. The number of nitrogens with zero attached hydrogens (tertiary/aromatic N) is 4. The van der Waals surface area contributed by atoms with Crippen molar-refractivity contribution < 1.29 is 0 Å². The smallest absolute Gasteiger partial charge is 0.211 e. The first-order valence-electron chi connectivity index (χ1n) is 10.5. The van der Waals surface area contributed by atoms with E-state index in [4.69, 9.17) is 11.5 Å². The second-order valence-electron chi connectivity index (χ2n) is 7.53. The Hall–Kier alpha value is -2.69. The first kappa shape index (κ1) is 22.0. The third-order valence-electron chi connectivity index (χ3n) is 5.06. The van der Waals surface area contributed by atoms with Gasteiger partial charge in [0.25, 0.3) is 0 Å². The van der Waals surface area contributed by atoms with Gasteiger partial charge in [0.15, 0.2) is 0 Å². The molecule has 0 unspecified atom stereocenters. The van der Waals surface area contributed by atoms with E-state index < -0.39 is 0 Å². The Morgan fingerprint density at radius 2 is 1.80 bits per heavy atom. The van der Waals surface area contributed by atoms with Gasteiger partial charge in [-0.2, -0.15) is 5.10 Å². The van der Waals surface area contributed by atoms with E-state index in [1.165, 1.54) is 38.8 Å². The van der Waals surface area contributed by atoms with Crippen LogP contribution in [0.5, 0.6) is 0 Å². The number of thiazole rings is 1. The van der Waals surface area contributed by atoms with Crippen LogP contribution in [0.1, 0.15) is 55.2 Å². The molecule has 1 aliphatic heterocycles. The Bertz CT molecular complexity index is 950. The molecule has 1 aromatic heterocycles. The van der Waals surface area contributed by atoms with Crippen molar-refractivity contribution in [1.29, 1.82) is 0 Å². The fourth-order valence-corrected chi connectivity index (χ4v) is 4.48. The molecule has 0 aliphatic carbocycles. The molecule has 158 valence electrons. The summed E-state index contributed by atoms with van der Waals surface area (Å²) < 4.78 is 0. The van der Waals surface area contributed by atoms with Gasteiger partial charge in [0.05, 0.1) is 16.3 Å². The van der Waals surface area contributed by atoms with Crippen LogP contribution in [0, 0.1) is 18.8 Å². The standard InChI is InChI=1S/C23H30N6S/c1-17-21(18(2)27-28-23(24)25)30-22(26-17)20-12-10-19(11-13-20)9-5-8-16-29-14-6-3-4-7-15-29/h10-13H,3-4,6-8,14-16H2,1-2H3,(H4,24,25,28)/b27-18+. The molecule has 0 bridgehead atoms. The number of hydrogen-bond donors (Lipinski definition) is 2. The summed E-state index contributed by atoms with van der Waals surface area (Å²) in [5.41, 5.74) is 14.5. The SMILES string of the molecule is C/C(=N\N=C(N)N)c1sc(-c2ccc(C#CCCN3CCCCCC3)cc2)nc1C. The van der Waals surface area contributed by atoms with E-state index in [0.717, 1.165) is 45.4 Å². The van der Waals surface area contributed by atoms with Crippen molar-refractivity contribution >= 4 is 23.0 Å². The van der Waals surface area contributed by atoms with E-state index >= 15 is 0 Å². The van der Waals surface area contributed by atoms with E-state index in [1.807, 2.05) is 13.8 Å². The summed E-state index contributed by atoms with van der Waals surface area (Å²) in [7, 11) is 0. The van der Waals surface area contributed by atoms with Crippen molar-refractivity contribution in [2.75, 3.05) is 19.6 Å². The normalized spacial score (nSPS) is 15.2. The molecule has 7 heteroatoms. The van der Waals surface area contributed by atoms with E-state index in [9.17, 15) is 0 Å². The number of guanidine groups is 1. The zero-order valence-corrected chi connectivity index (χ0v) is 18.6. The highest BCUT2D eigenvalue weighted by Gasteiger charge is 2.12. The van der Waals surface area contributed by atoms with E-state index in [2.05, 4.69) is 56.2 Å². The lowest BCUT2D eigenvalue weighted by Crippen LogP contribution is -2.25. The third-order valence-corrected chi connectivity index (χ3v) is 6.37. The molecule has 1 saturated heterocycles. The molecule has 3 rings (SSSR count). The molecular formula is C23H30N6S. The lowest BCUT2D eigenvalue weighted by Gasteiger charge is -2.17. The molecule has 1 fully saturated rings. The Morgan fingerprint density at radius 3 is 2.47 bits per heavy atom. The number of benzene rings is 1. The van der Waals surface area contributed by atoms with Crippen LogP contribution in [0.4, 0.5) is 0 Å². The van der Waals surface area contributed by atoms with Crippen LogP contribution in [0.25, 0.3) is 10.6 Å². The van der Waals surface area contributed by atoms with Gasteiger partial charge in [0.2, 0.25) is 5.96 Å². The number of likely N-dealkylation sites (tertiary alicyclic amines) is 1. The molecule has 2 heterocycles. The number of aromatic nitrogens is 1. The first-order chi connectivity index (χ1) is 14.5. The van der Waals surface area contributed by atoms with Crippen molar-refractivity contribution in [1.82, 2.24) is 9.88 Å². The van der Waals surface area contributed by atoms with Gasteiger partial charge in [0, 0.05) is 24.1 Å². The number of nitrogens with two attached hydrogens (primary N) is 2. The van der Waals surface area contributed by atoms with Gasteiger partial charge in [-0.25, -0.2) is 4.98 Å². The van der Waals surface area contributed by atoms with Crippen LogP contribution in [-0.4, -0.2) is 41.2 Å². The minimum absolute atomic E-state index is 0.0557. The van der Waals surface area contributed by atoms with Crippen LogP contribution in [-0.2, 0) is 0 Å². The Morgan fingerprint density at radius 1 is 1.10 bits per heavy atom. The third kappa shape index (κ3) is 6.41. The van der Waals surface area contributed by atoms with Crippen LogP contribution in [0.2, 0.25) is 0 Å². The molecule has 4 N–H and O–H groups in total. The maximum absolute atomic E-state index is 5.35. The van der Waals surface area contributed by atoms with Crippen LogP contribution in [0.3, 0.4) is 0 Å². The predicted octanol–water partition coefficient (Wildman–Crippen LogP) is 3.73. The van der Waals surface area contributed by atoms with Crippen molar-refractivity contribution in [2.24, 2.45) is 21.7 Å². The fraction of sp³-hybridized carbons (Fsp3) is 0.435. The second-order valence-corrected chi connectivity index (χ2v) is 8.53. The van der Waals surface area contributed by atoms with Crippen LogP contribution < -0.4 is 11.5 Å². The molecule has 6 nitrogen and oxygen atoms in total. The number of hydrogen-bond acceptors (Lipinski definition) is 5.